The van der Waals surface area contributed by atoms with E-state index >= 15 is 0 Å². The van der Waals surface area contributed by atoms with Gasteiger partial charge in [0.1, 0.15) is 8.07 Å². The quantitative estimate of drug-likeness (QED) is 0.351. The summed E-state index contributed by atoms with van der Waals surface area (Å²) >= 11 is 0. The predicted octanol–water partition coefficient (Wildman–Crippen LogP) is 5.65. The maximum Gasteiger partial charge on any atom is 0.123 e. The zero-order chi connectivity index (χ0) is 17.0. The minimum absolute atomic E-state index is 0.359. The molecule has 134 valence electrons. The Hall–Kier alpha value is -0.543. The average molecular weight is 339 g/mol. The Balaban J connectivity index is 1.95. The first kappa shape index (κ1) is 20.5. The average Bonchev–Trinajstić information content (AvgIpc) is 2.97. The van der Waals surface area contributed by atoms with E-state index in [0.29, 0.717) is 6.61 Å². The molecular formula is C20H38O2Si. The highest BCUT2D eigenvalue weighted by Crippen LogP contribution is 2.14. The number of hydrogen-bond acceptors (Lipinski definition) is 2. The number of hydrogen-bond donors (Lipinski definition) is 1. The Morgan fingerprint density at radius 2 is 1.26 bits per heavy atom. The second-order valence-electron chi connectivity index (χ2n) is 7.89. The first-order chi connectivity index (χ1) is 11.1. The standard InChI is InChI=1S/C20H38O2Si/c1-23(2,3)20-19(16-18-22-20)15-13-11-9-7-5-4-6-8-10-12-14-17-21/h16,18,21H,4-15,17H2,1-3H3. The molecule has 0 amide bonds. The molecule has 0 saturated heterocycles. The fraction of sp³-hybridized carbons (Fsp3) is 0.800. The van der Waals surface area contributed by atoms with Crippen LogP contribution in [0.25, 0.3) is 0 Å². The molecule has 0 spiro atoms. The van der Waals surface area contributed by atoms with E-state index < -0.39 is 8.07 Å². The summed E-state index contributed by atoms with van der Waals surface area (Å²) in [7, 11) is -1.31. The Morgan fingerprint density at radius 3 is 1.74 bits per heavy atom. The molecular weight excluding hydrogens is 300 g/mol. The van der Waals surface area contributed by atoms with E-state index in [1.165, 1.54) is 81.6 Å². The van der Waals surface area contributed by atoms with E-state index in [9.17, 15) is 0 Å². The molecule has 2 nitrogen and oxygen atoms in total. The van der Waals surface area contributed by atoms with Gasteiger partial charge in [-0.25, -0.2) is 0 Å². The van der Waals surface area contributed by atoms with Gasteiger partial charge in [0.05, 0.1) is 11.6 Å². The van der Waals surface area contributed by atoms with Gasteiger partial charge in [-0.2, -0.15) is 0 Å². The summed E-state index contributed by atoms with van der Waals surface area (Å²) < 4.78 is 5.73. The molecule has 1 heterocycles. The van der Waals surface area contributed by atoms with Crippen LogP contribution >= 0.6 is 0 Å². The summed E-state index contributed by atoms with van der Waals surface area (Å²) in [6.45, 7) is 7.44. The molecule has 1 aromatic rings. The normalized spacial score (nSPS) is 12.0. The summed E-state index contributed by atoms with van der Waals surface area (Å²) in [4.78, 5) is 0. The minimum Gasteiger partial charge on any atom is -0.474 e. The van der Waals surface area contributed by atoms with Crippen LogP contribution in [-0.2, 0) is 6.42 Å². The van der Waals surface area contributed by atoms with Gasteiger partial charge in [-0.15, -0.1) is 0 Å². The monoisotopic (exact) mass is 338 g/mol. The third-order valence-corrected chi connectivity index (χ3v) is 6.33. The van der Waals surface area contributed by atoms with Crippen LogP contribution in [0, 0.1) is 0 Å². The van der Waals surface area contributed by atoms with Gasteiger partial charge in [0.25, 0.3) is 0 Å². The molecule has 1 rings (SSSR count). The van der Waals surface area contributed by atoms with Crippen molar-refractivity contribution in [2.24, 2.45) is 0 Å². The van der Waals surface area contributed by atoms with Gasteiger partial charge in [-0.3, -0.25) is 0 Å². The van der Waals surface area contributed by atoms with Crippen LogP contribution in [0.4, 0.5) is 0 Å². The number of aliphatic hydroxyl groups is 1. The molecule has 0 bridgehead atoms. The lowest BCUT2D eigenvalue weighted by Crippen LogP contribution is -2.38. The van der Waals surface area contributed by atoms with Gasteiger partial charge in [0, 0.05) is 6.61 Å². The van der Waals surface area contributed by atoms with Crippen molar-refractivity contribution in [2.75, 3.05) is 6.61 Å². The lowest BCUT2D eigenvalue weighted by atomic mass is 10.0. The summed E-state index contributed by atoms with van der Waals surface area (Å²) in [6, 6.07) is 2.18. The van der Waals surface area contributed by atoms with E-state index in [2.05, 4.69) is 25.7 Å². The van der Waals surface area contributed by atoms with E-state index in [1.54, 1.807) is 0 Å². The molecule has 1 aromatic heterocycles. The van der Waals surface area contributed by atoms with Gasteiger partial charge in [0.2, 0.25) is 0 Å². The molecule has 0 atom stereocenters. The molecule has 0 unspecified atom stereocenters. The molecule has 0 aliphatic heterocycles. The van der Waals surface area contributed by atoms with E-state index in [-0.39, 0.29) is 0 Å². The van der Waals surface area contributed by atoms with Crippen molar-refractivity contribution in [1.29, 1.82) is 0 Å². The maximum absolute atomic E-state index is 8.72. The second-order valence-corrected chi connectivity index (χ2v) is 12.8. The van der Waals surface area contributed by atoms with Crippen molar-refractivity contribution >= 4 is 13.5 Å². The molecule has 23 heavy (non-hydrogen) atoms. The van der Waals surface area contributed by atoms with Gasteiger partial charge in [-0.1, -0.05) is 77.4 Å². The number of aryl methyl sites for hydroxylation is 1. The molecule has 0 aliphatic rings. The first-order valence-corrected chi connectivity index (χ1v) is 13.2. The summed E-state index contributed by atoms with van der Waals surface area (Å²) in [5.41, 5.74) is 1.46. The maximum atomic E-state index is 8.72. The van der Waals surface area contributed by atoms with Crippen LogP contribution in [0.5, 0.6) is 0 Å². The molecule has 0 fully saturated rings. The number of rotatable bonds is 14. The lowest BCUT2D eigenvalue weighted by molar-refractivity contribution is 0.282. The van der Waals surface area contributed by atoms with Crippen molar-refractivity contribution in [3.05, 3.63) is 17.9 Å². The largest absolute Gasteiger partial charge is 0.474 e. The first-order valence-electron chi connectivity index (χ1n) is 9.73. The highest BCUT2D eigenvalue weighted by Gasteiger charge is 2.23. The van der Waals surface area contributed by atoms with Crippen molar-refractivity contribution in [3.8, 4) is 0 Å². The molecule has 3 heteroatoms. The minimum atomic E-state index is -1.31. The summed E-state index contributed by atoms with van der Waals surface area (Å²) in [6.07, 6.45) is 17.5. The highest BCUT2D eigenvalue weighted by molar-refractivity contribution is 6.88. The summed E-state index contributed by atoms with van der Waals surface area (Å²) in [5.74, 6) is 0. The van der Waals surface area contributed by atoms with E-state index in [4.69, 9.17) is 9.52 Å². The van der Waals surface area contributed by atoms with Crippen LogP contribution in [-0.4, -0.2) is 19.8 Å². The zero-order valence-corrected chi connectivity index (χ0v) is 16.7. The fourth-order valence-electron chi connectivity index (χ4n) is 3.21. The van der Waals surface area contributed by atoms with Crippen molar-refractivity contribution in [2.45, 2.75) is 96.7 Å². The lowest BCUT2D eigenvalue weighted by Gasteiger charge is -2.14. The third kappa shape index (κ3) is 9.36. The van der Waals surface area contributed by atoms with Gasteiger partial charge < -0.3 is 9.52 Å². The fourth-order valence-corrected chi connectivity index (χ4v) is 4.80. The van der Waals surface area contributed by atoms with Crippen molar-refractivity contribution in [1.82, 2.24) is 0 Å². The van der Waals surface area contributed by atoms with Crippen LogP contribution in [0.3, 0.4) is 0 Å². The van der Waals surface area contributed by atoms with Crippen LogP contribution < -0.4 is 5.38 Å². The van der Waals surface area contributed by atoms with Crippen molar-refractivity contribution < 1.29 is 9.52 Å². The smallest absolute Gasteiger partial charge is 0.123 e. The summed E-state index contributed by atoms with van der Waals surface area (Å²) in [5, 5.41) is 10.0. The molecule has 0 aliphatic carbocycles. The molecule has 0 saturated carbocycles. The van der Waals surface area contributed by atoms with Crippen LogP contribution in [0.15, 0.2) is 16.7 Å². The number of unbranched alkanes of at least 4 members (excludes halogenated alkanes) is 10. The Bertz CT molecular complexity index is 393. The van der Waals surface area contributed by atoms with E-state index in [1.807, 2.05) is 6.26 Å². The Morgan fingerprint density at radius 1 is 0.783 bits per heavy atom. The Kier molecular flexibility index (Phi) is 10.6. The SMILES string of the molecule is C[Si](C)(C)c1occc1CCCCCCCCCCCCCO. The van der Waals surface area contributed by atoms with Crippen LogP contribution in [0.1, 0.15) is 76.2 Å². The number of aliphatic hydroxyl groups excluding tert-OH is 1. The molecule has 0 radical (unpaired) electrons. The molecule has 1 N–H and O–H groups in total. The van der Waals surface area contributed by atoms with Gasteiger partial charge in [0.15, 0.2) is 0 Å². The zero-order valence-electron chi connectivity index (χ0n) is 15.7. The predicted molar refractivity (Wildman–Crippen MR) is 103 cm³/mol. The number of furan rings is 1. The third-order valence-electron chi connectivity index (χ3n) is 4.53. The highest BCUT2D eigenvalue weighted by atomic mass is 28.3. The molecule has 0 aromatic carbocycles. The second kappa shape index (κ2) is 11.9. The van der Waals surface area contributed by atoms with Gasteiger partial charge in [-0.05, 0) is 30.9 Å². The van der Waals surface area contributed by atoms with Crippen molar-refractivity contribution in [3.63, 3.8) is 0 Å². The topological polar surface area (TPSA) is 33.4 Å². The Labute approximate surface area is 144 Å². The van der Waals surface area contributed by atoms with E-state index in [0.717, 1.165) is 6.42 Å². The van der Waals surface area contributed by atoms with Crippen LogP contribution in [0.2, 0.25) is 19.6 Å². The van der Waals surface area contributed by atoms with Gasteiger partial charge >= 0.3 is 0 Å².